The Hall–Kier alpha value is -1.99. The van der Waals surface area contributed by atoms with Crippen LogP contribution in [0, 0.1) is 5.92 Å². The van der Waals surface area contributed by atoms with Gasteiger partial charge in [0, 0.05) is 31.1 Å². The summed E-state index contributed by atoms with van der Waals surface area (Å²) in [4.78, 5) is 26.2. The Morgan fingerprint density at radius 2 is 2.00 bits per heavy atom. The Morgan fingerprint density at radius 3 is 2.71 bits per heavy atom. The van der Waals surface area contributed by atoms with Gasteiger partial charge in [-0.15, -0.1) is 0 Å². The van der Waals surface area contributed by atoms with Crippen molar-refractivity contribution in [2.45, 2.75) is 18.4 Å². The molecule has 6 rings (SSSR count). The first kappa shape index (κ1) is 14.4. The highest BCUT2D eigenvalue weighted by molar-refractivity contribution is 7.19. The molecule has 2 bridgehead atoms. The summed E-state index contributed by atoms with van der Waals surface area (Å²) in [5, 5.41) is 0.722. The standard InChI is InChI=1S/C17H18N4O2S/c22-16-21(11-17(23-16)10-20-7-3-13(17)4-8-20)15-19-9-14(24-15)12-1-5-18-6-2-12/h1-2,5-6,9,13H,3-4,7-8,10-11H2/t17-/m0/s1. The van der Waals surface area contributed by atoms with Gasteiger partial charge in [0.05, 0.1) is 11.4 Å². The summed E-state index contributed by atoms with van der Waals surface area (Å²) in [6, 6.07) is 3.91. The number of fused-ring (bicyclic) bond motifs is 2. The van der Waals surface area contributed by atoms with E-state index in [-0.39, 0.29) is 11.7 Å². The summed E-state index contributed by atoms with van der Waals surface area (Å²) in [6.07, 6.45) is 7.36. The molecule has 7 heteroatoms. The fourth-order valence-corrected chi connectivity index (χ4v) is 5.11. The van der Waals surface area contributed by atoms with Crippen molar-refractivity contribution in [3.63, 3.8) is 0 Å². The number of thiazole rings is 1. The number of rotatable bonds is 2. The summed E-state index contributed by atoms with van der Waals surface area (Å²) >= 11 is 1.53. The number of nitrogens with zero attached hydrogens (tertiary/aromatic N) is 4. The van der Waals surface area contributed by atoms with E-state index in [9.17, 15) is 4.79 Å². The van der Waals surface area contributed by atoms with Crippen molar-refractivity contribution in [1.29, 1.82) is 0 Å². The molecule has 0 saturated carbocycles. The Morgan fingerprint density at radius 1 is 1.21 bits per heavy atom. The minimum atomic E-state index is -0.337. The zero-order valence-electron chi connectivity index (χ0n) is 13.2. The molecule has 4 saturated heterocycles. The molecule has 1 amide bonds. The minimum Gasteiger partial charge on any atom is -0.439 e. The zero-order valence-corrected chi connectivity index (χ0v) is 14.0. The second kappa shape index (κ2) is 5.26. The van der Waals surface area contributed by atoms with Gasteiger partial charge in [-0.1, -0.05) is 11.3 Å². The van der Waals surface area contributed by atoms with Crippen LogP contribution in [0.2, 0.25) is 0 Å². The van der Waals surface area contributed by atoms with Crippen LogP contribution in [0.1, 0.15) is 12.8 Å². The van der Waals surface area contributed by atoms with Crippen LogP contribution in [-0.4, -0.2) is 52.7 Å². The second-order valence-corrected chi connectivity index (χ2v) is 7.82. The SMILES string of the molecule is O=C1O[C@@]2(CN3CCC2CC3)CN1c1ncc(-c2ccncc2)s1. The van der Waals surface area contributed by atoms with E-state index in [0.717, 1.165) is 48.0 Å². The third-order valence-corrected chi connectivity index (χ3v) is 6.52. The molecule has 0 N–H and O–H groups in total. The molecule has 1 atom stereocenters. The number of hydrogen-bond acceptors (Lipinski definition) is 6. The van der Waals surface area contributed by atoms with Gasteiger partial charge in [0.2, 0.25) is 0 Å². The fourth-order valence-electron chi connectivity index (χ4n) is 4.20. The number of carbonyl (C=O) groups excluding carboxylic acids is 1. The molecule has 6 heterocycles. The highest BCUT2D eigenvalue weighted by atomic mass is 32.1. The van der Waals surface area contributed by atoms with Gasteiger partial charge in [0.25, 0.3) is 0 Å². The lowest BCUT2D eigenvalue weighted by Crippen LogP contribution is -2.61. The number of ether oxygens (including phenoxy) is 1. The molecule has 4 aliphatic rings. The summed E-state index contributed by atoms with van der Waals surface area (Å²) in [7, 11) is 0. The van der Waals surface area contributed by atoms with Crippen LogP contribution in [-0.2, 0) is 4.74 Å². The third-order valence-electron chi connectivity index (χ3n) is 5.45. The smallest absolute Gasteiger partial charge is 0.416 e. The molecular weight excluding hydrogens is 324 g/mol. The number of carbonyl (C=O) groups is 1. The van der Waals surface area contributed by atoms with E-state index in [1.807, 2.05) is 18.3 Å². The summed E-state index contributed by atoms with van der Waals surface area (Å²) < 4.78 is 5.91. The molecule has 4 fully saturated rings. The molecule has 2 aromatic rings. The molecule has 0 aromatic carbocycles. The molecular formula is C17H18N4O2S. The summed E-state index contributed by atoms with van der Waals surface area (Å²) in [6.45, 7) is 3.75. The van der Waals surface area contributed by atoms with Crippen LogP contribution >= 0.6 is 11.3 Å². The van der Waals surface area contributed by atoms with Crippen LogP contribution < -0.4 is 4.90 Å². The number of amides is 1. The van der Waals surface area contributed by atoms with E-state index < -0.39 is 0 Å². The highest BCUT2D eigenvalue weighted by Gasteiger charge is 2.56. The largest absolute Gasteiger partial charge is 0.439 e. The number of aromatic nitrogens is 2. The quantitative estimate of drug-likeness (QED) is 0.840. The monoisotopic (exact) mass is 342 g/mol. The van der Waals surface area contributed by atoms with E-state index >= 15 is 0 Å². The lowest BCUT2D eigenvalue weighted by Gasteiger charge is -2.49. The molecule has 2 aromatic heterocycles. The summed E-state index contributed by atoms with van der Waals surface area (Å²) in [5.74, 6) is 0.482. The Labute approximate surface area is 144 Å². The topological polar surface area (TPSA) is 58.6 Å². The van der Waals surface area contributed by atoms with Crippen LogP contribution in [0.5, 0.6) is 0 Å². The van der Waals surface area contributed by atoms with E-state index in [1.54, 1.807) is 17.3 Å². The zero-order chi connectivity index (χ0) is 16.1. The molecule has 0 unspecified atom stereocenters. The number of pyridine rings is 1. The second-order valence-electron chi connectivity index (χ2n) is 6.81. The molecule has 24 heavy (non-hydrogen) atoms. The van der Waals surface area contributed by atoms with Crippen molar-refractivity contribution in [2.24, 2.45) is 5.92 Å². The van der Waals surface area contributed by atoms with Crippen LogP contribution in [0.4, 0.5) is 9.93 Å². The molecule has 6 nitrogen and oxygen atoms in total. The van der Waals surface area contributed by atoms with Crippen LogP contribution in [0.25, 0.3) is 10.4 Å². The van der Waals surface area contributed by atoms with E-state index in [4.69, 9.17) is 4.74 Å². The van der Waals surface area contributed by atoms with Gasteiger partial charge >= 0.3 is 6.09 Å². The van der Waals surface area contributed by atoms with Crippen molar-refractivity contribution in [2.75, 3.05) is 31.1 Å². The van der Waals surface area contributed by atoms with Gasteiger partial charge in [-0.3, -0.25) is 9.88 Å². The first-order valence-corrected chi connectivity index (χ1v) is 9.14. The van der Waals surface area contributed by atoms with Crippen molar-refractivity contribution in [3.8, 4) is 10.4 Å². The van der Waals surface area contributed by atoms with Gasteiger partial charge in [-0.05, 0) is 43.6 Å². The van der Waals surface area contributed by atoms with Gasteiger partial charge in [0.15, 0.2) is 5.13 Å². The maximum Gasteiger partial charge on any atom is 0.416 e. The Balaban J connectivity index is 1.42. The van der Waals surface area contributed by atoms with E-state index in [0.29, 0.717) is 12.5 Å². The summed E-state index contributed by atoms with van der Waals surface area (Å²) in [5.41, 5.74) is 0.731. The predicted octanol–water partition coefficient (Wildman–Crippen LogP) is 2.63. The average molecular weight is 342 g/mol. The number of piperidine rings is 3. The van der Waals surface area contributed by atoms with Crippen LogP contribution in [0.15, 0.2) is 30.7 Å². The van der Waals surface area contributed by atoms with Crippen molar-refractivity contribution in [3.05, 3.63) is 30.7 Å². The predicted molar refractivity (Wildman–Crippen MR) is 91.1 cm³/mol. The first-order chi connectivity index (χ1) is 11.7. The lowest BCUT2D eigenvalue weighted by molar-refractivity contribution is -0.0881. The maximum atomic E-state index is 12.5. The van der Waals surface area contributed by atoms with Gasteiger partial charge in [-0.2, -0.15) is 0 Å². The third kappa shape index (κ3) is 2.15. The van der Waals surface area contributed by atoms with Gasteiger partial charge < -0.3 is 4.74 Å². The lowest BCUT2D eigenvalue weighted by atomic mass is 9.75. The molecule has 4 aliphatic heterocycles. The van der Waals surface area contributed by atoms with Crippen molar-refractivity contribution >= 4 is 22.6 Å². The van der Waals surface area contributed by atoms with Crippen LogP contribution in [0.3, 0.4) is 0 Å². The van der Waals surface area contributed by atoms with Crippen molar-refractivity contribution < 1.29 is 9.53 Å². The maximum absolute atomic E-state index is 12.5. The van der Waals surface area contributed by atoms with Gasteiger partial charge in [0.1, 0.15) is 5.60 Å². The molecule has 0 radical (unpaired) electrons. The molecule has 1 spiro atoms. The van der Waals surface area contributed by atoms with E-state index in [1.165, 1.54) is 11.3 Å². The number of hydrogen-bond donors (Lipinski definition) is 0. The average Bonchev–Trinajstić information content (AvgIpc) is 3.22. The minimum absolute atomic E-state index is 0.251. The highest BCUT2D eigenvalue weighted by Crippen LogP contribution is 2.44. The molecule has 124 valence electrons. The molecule has 0 aliphatic carbocycles. The first-order valence-electron chi connectivity index (χ1n) is 8.33. The van der Waals surface area contributed by atoms with Gasteiger partial charge in [-0.25, -0.2) is 14.7 Å². The Kier molecular flexibility index (Phi) is 3.14. The van der Waals surface area contributed by atoms with E-state index in [2.05, 4.69) is 14.9 Å². The Bertz CT molecular complexity index is 772. The normalized spacial score (nSPS) is 31.7. The fraction of sp³-hybridized carbons (Fsp3) is 0.471. The van der Waals surface area contributed by atoms with Crippen molar-refractivity contribution in [1.82, 2.24) is 14.9 Å². The number of anilines is 1.